The van der Waals surface area contributed by atoms with Gasteiger partial charge in [0.1, 0.15) is 0 Å². The number of nitrogens with zero attached hydrogens (tertiary/aromatic N) is 2. The Hall–Kier alpha value is -1.99. The summed E-state index contributed by atoms with van der Waals surface area (Å²) in [6.45, 7) is 0.893. The standard InChI is InChI=1S/C13H17N3O4/c14-13(18)9-1-2-10(12(7-9)16(19)20)8-15(5-6-17)11-3-4-11/h1-2,7,11,17H,3-6,8H2,(H2,14,18). The molecule has 1 amide bonds. The molecule has 0 heterocycles. The molecule has 1 aromatic rings. The van der Waals surface area contributed by atoms with Crippen LogP contribution in [-0.2, 0) is 6.54 Å². The summed E-state index contributed by atoms with van der Waals surface area (Å²) in [6, 6.07) is 4.65. The molecule has 1 aromatic carbocycles. The van der Waals surface area contributed by atoms with E-state index in [9.17, 15) is 14.9 Å². The number of carbonyl (C=O) groups excluding carboxylic acids is 1. The van der Waals surface area contributed by atoms with Crippen molar-refractivity contribution in [3.05, 3.63) is 39.4 Å². The number of primary amides is 1. The van der Waals surface area contributed by atoms with E-state index in [1.54, 1.807) is 6.07 Å². The van der Waals surface area contributed by atoms with Gasteiger partial charge in [-0.25, -0.2) is 0 Å². The van der Waals surface area contributed by atoms with Crippen LogP contribution in [0.1, 0.15) is 28.8 Å². The summed E-state index contributed by atoms with van der Waals surface area (Å²) in [6.07, 6.45) is 2.10. The number of nitrogens with two attached hydrogens (primary N) is 1. The maximum atomic E-state index is 11.1. The highest BCUT2D eigenvalue weighted by Crippen LogP contribution is 2.30. The summed E-state index contributed by atoms with van der Waals surface area (Å²) in [4.78, 5) is 23.7. The van der Waals surface area contributed by atoms with E-state index in [0.717, 1.165) is 12.8 Å². The molecule has 0 atom stereocenters. The first-order valence-electron chi connectivity index (χ1n) is 6.45. The second-order valence-electron chi connectivity index (χ2n) is 4.89. The molecule has 1 fully saturated rings. The Labute approximate surface area is 116 Å². The smallest absolute Gasteiger partial charge is 0.274 e. The highest BCUT2D eigenvalue weighted by atomic mass is 16.6. The van der Waals surface area contributed by atoms with Crippen LogP contribution in [0.3, 0.4) is 0 Å². The number of benzene rings is 1. The largest absolute Gasteiger partial charge is 0.395 e. The predicted molar refractivity (Wildman–Crippen MR) is 72.1 cm³/mol. The van der Waals surface area contributed by atoms with E-state index >= 15 is 0 Å². The first-order valence-corrected chi connectivity index (χ1v) is 6.45. The molecule has 1 aliphatic carbocycles. The Bertz CT molecular complexity index is 528. The summed E-state index contributed by atoms with van der Waals surface area (Å²) >= 11 is 0. The zero-order chi connectivity index (χ0) is 14.7. The molecular formula is C13H17N3O4. The fourth-order valence-electron chi connectivity index (χ4n) is 2.20. The Balaban J connectivity index is 2.25. The molecule has 2 rings (SSSR count). The molecule has 0 radical (unpaired) electrons. The molecule has 3 N–H and O–H groups in total. The first kappa shape index (κ1) is 14.4. The van der Waals surface area contributed by atoms with Crippen LogP contribution in [0.15, 0.2) is 18.2 Å². The van der Waals surface area contributed by atoms with Crippen molar-refractivity contribution in [2.75, 3.05) is 13.2 Å². The Kier molecular flexibility index (Phi) is 4.31. The van der Waals surface area contributed by atoms with Gasteiger partial charge in [-0.1, -0.05) is 6.07 Å². The molecule has 0 aliphatic heterocycles. The van der Waals surface area contributed by atoms with Crippen molar-refractivity contribution in [2.24, 2.45) is 5.73 Å². The Morgan fingerprint density at radius 2 is 2.20 bits per heavy atom. The second kappa shape index (κ2) is 5.98. The van der Waals surface area contributed by atoms with Crippen molar-refractivity contribution in [3.8, 4) is 0 Å². The van der Waals surface area contributed by atoms with Crippen molar-refractivity contribution < 1.29 is 14.8 Å². The number of hydrogen-bond acceptors (Lipinski definition) is 5. The zero-order valence-electron chi connectivity index (χ0n) is 11.0. The second-order valence-corrected chi connectivity index (χ2v) is 4.89. The van der Waals surface area contributed by atoms with Crippen molar-refractivity contribution in [3.63, 3.8) is 0 Å². The topological polar surface area (TPSA) is 110 Å². The third-order valence-electron chi connectivity index (χ3n) is 3.39. The van der Waals surface area contributed by atoms with E-state index in [-0.39, 0.29) is 17.9 Å². The first-order chi connectivity index (χ1) is 9.52. The van der Waals surface area contributed by atoms with Gasteiger partial charge in [0.2, 0.25) is 5.91 Å². The number of amides is 1. The van der Waals surface area contributed by atoms with Crippen molar-refractivity contribution in [1.29, 1.82) is 0 Å². The van der Waals surface area contributed by atoms with Gasteiger partial charge < -0.3 is 10.8 Å². The molecule has 20 heavy (non-hydrogen) atoms. The normalized spacial score (nSPS) is 14.5. The third-order valence-corrected chi connectivity index (χ3v) is 3.39. The highest BCUT2D eigenvalue weighted by Gasteiger charge is 2.30. The molecule has 1 saturated carbocycles. The van der Waals surface area contributed by atoms with Gasteiger partial charge in [0, 0.05) is 36.3 Å². The van der Waals surface area contributed by atoms with E-state index in [0.29, 0.717) is 24.7 Å². The molecule has 1 aliphatic rings. The summed E-state index contributed by atoms with van der Waals surface area (Å²) in [5.74, 6) is -0.686. The van der Waals surface area contributed by atoms with E-state index in [4.69, 9.17) is 10.8 Å². The Morgan fingerprint density at radius 3 is 2.70 bits per heavy atom. The minimum Gasteiger partial charge on any atom is -0.395 e. The number of aliphatic hydroxyl groups is 1. The summed E-state index contributed by atoms with van der Waals surface area (Å²) in [7, 11) is 0. The average molecular weight is 279 g/mol. The molecule has 0 unspecified atom stereocenters. The Morgan fingerprint density at radius 1 is 1.50 bits per heavy atom. The fourth-order valence-corrected chi connectivity index (χ4v) is 2.20. The quantitative estimate of drug-likeness (QED) is 0.562. The van der Waals surface area contributed by atoms with Crippen molar-refractivity contribution in [2.45, 2.75) is 25.4 Å². The van der Waals surface area contributed by atoms with Crippen LogP contribution >= 0.6 is 0 Å². The van der Waals surface area contributed by atoms with E-state index in [1.165, 1.54) is 12.1 Å². The summed E-state index contributed by atoms with van der Waals surface area (Å²) in [5, 5.41) is 20.2. The number of nitro groups is 1. The highest BCUT2D eigenvalue weighted by molar-refractivity contribution is 5.93. The average Bonchev–Trinajstić information content (AvgIpc) is 3.22. The molecule has 7 nitrogen and oxygen atoms in total. The van der Waals surface area contributed by atoms with Crippen molar-refractivity contribution in [1.82, 2.24) is 4.90 Å². The van der Waals surface area contributed by atoms with Crippen LogP contribution in [0.2, 0.25) is 0 Å². The maximum absolute atomic E-state index is 11.1. The lowest BCUT2D eigenvalue weighted by Crippen LogP contribution is -2.29. The number of aliphatic hydroxyl groups excluding tert-OH is 1. The van der Waals surface area contributed by atoms with Gasteiger partial charge in [0.15, 0.2) is 0 Å². The minimum atomic E-state index is -0.686. The van der Waals surface area contributed by atoms with Crippen LogP contribution in [0.25, 0.3) is 0 Å². The van der Waals surface area contributed by atoms with E-state index < -0.39 is 10.8 Å². The van der Waals surface area contributed by atoms with Crippen LogP contribution in [-0.4, -0.2) is 40.0 Å². The number of hydrogen-bond donors (Lipinski definition) is 2. The molecular weight excluding hydrogens is 262 g/mol. The number of rotatable bonds is 7. The predicted octanol–water partition coefficient (Wildman–Crippen LogP) is 0.650. The van der Waals surface area contributed by atoms with Gasteiger partial charge in [-0.3, -0.25) is 19.8 Å². The fraction of sp³-hybridized carbons (Fsp3) is 0.462. The van der Waals surface area contributed by atoms with Crippen molar-refractivity contribution >= 4 is 11.6 Å². The third kappa shape index (κ3) is 3.31. The van der Waals surface area contributed by atoms with Gasteiger partial charge in [-0.15, -0.1) is 0 Å². The lowest BCUT2D eigenvalue weighted by Gasteiger charge is -2.20. The lowest BCUT2D eigenvalue weighted by atomic mass is 10.1. The van der Waals surface area contributed by atoms with E-state index in [1.807, 2.05) is 4.90 Å². The molecule has 108 valence electrons. The van der Waals surface area contributed by atoms with Gasteiger partial charge >= 0.3 is 0 Å². The maximum Gasteiger partial charge on any atom is 0.274 e. The molecule has 0 spiro atoms. The van der Waals surface area contributed by atoms with Crippen LogP contribution in [0.5, 0.6) is 0 Å². The minimum absolute atomic E-state index is 0.0175. The van der Waals surface area contributed by atoms with Gasteiger partial charge in [0.05, 0.1) is 11.5 Å². The van der Waals surface area contributed by atoms with Gasteiger partial charge in [-0.05, 0) is 18.9 Å². The monoisotopic (exact) mass is 279 g/mol. The lowest BCUT2D eigenvalue weighted by molar-refractivity contribution is -0.385. The molecule has 0 aromatic heterocycles. The van der Waals surface area contributed by atoms with Crippen LogP contribution in [0, 0.1) is 10.1 Å². The van der Waals surface area contributed by atoms with Gasteiger partial charge in [-0.2, -0.15) is 0 Å². The zero-order valence-corrected chi connectivity index (χ0v) is 11.0. The summed E-state index contributed by atoms with van der Waals surface area (Å²) < 4.78 is 0. The SMILES string of the molecule is NC(=O)c1ccc(CN(CCO)C2CC2)c([N+](=O)[O-])c1. The summed E-state index contributed by atoms with van der Waals surface area (Å²) in [5.41, 5.74) is 5.68. The number of nitro benzene ring substituents is 1. The van der Waals surface area contributed by atoms with Gasteiger partial charge in [0.25, 0.3) is 5.69 Å². The van der Waals surface area contributed by atoms with Crippen LogP contribution < -0.4 is 5.73 Å². The van der Waals surface area contributed by atoms with E-state index in [2.05, 4.69) is 0 Å². The molecule has 0 bridgehead atoms. The van der Waals surface area contributed by atoms with Crippen LogP contribution in [0.4, 0.5) is 5.69 Å². The number of carbonyl (C=O) groups is 1. The molecule has 0 saturated heterocycles. The molecule has 7 heteroatoms.